The lowest BCUT2D eigenvalue weighted by Gasteiger charge is -2.33. The van der Waals surface area contributed by atoms with Crippen LogP contribution in [0.3, 0.4) is 0 Å². The van der Waals surface area contributed by atoms with Crippen LogP contribution in [0.4, 0.5) is 0 Å². The number of amides is 1. The molecule has 1 aromatic carbocycles. The molecule has 0 saturated carbocycles. The molecule has 0 spiro atoms. The van der Waals surface area contributed by atoms with Crippen LogP contribution in [-0.2, 0) is 0 Å². The van der Waals surface area contributed by atoms with Gasteiger partial charge in [0.15, 0.2) is 0 Å². The molecule has 3 N–H and O–H groups in total. The third kappa shape index (κ3) is 4.09. The minimum absolute atomic E-state index is 0. The number of rotatable bonds is 5. The van der Waals surface area contributed by atoms with Crippen molar-refractivity contribution in [2.24, 2.45) is 11.7 Å². The lowest BCUT2D eigenvalue weighted by atomic mass is 9.88. The summed E-state index contributed by atoms with van der Waals surface area (Å²) in [6.45, 7) is 8.40. The Morgan fingerprint density at radius 3 is 2.61 bits per heavy atom. The highest BCUT2D eigenvalue weighted by Crippen LogP contribution is 2.18. The first-order valence-electron chi connectivity index (χ1n) is 7.35. The number of hydrogen-bond donors (Lipinski definition) is 2. The number of halogens is 1. The van der Waals surface area contributed by atoms with Crippen LogP contribution in [0, 0.1) is 12.8 Å². The molecule has 0 saturated heterocycles. The first kappa shape index (κ1) is 19.1. The number of benzene rings is 1. The molecule has 0 aliphatic carbocycles. The Kier molecular flexibility index (Phi) is 6.29. The summed E-state index contributed by atoms with van der Waals surface area (Å²) in [7, 11) is 0. The van der Waals surface area contributed by atoms with E-state index in [1.807, 2.05) is 39.8 Å². The number of nitrogens with one attached hydrogen (secondary N) is 1. The van der Waals surface area contributed by atoms with Crippen molar-refractivity contribution in [2.45, 2.75) is 33.2 Å². The second-order valence-corrected chi connectivity index (χ2v) is 6.07. The highest BCUT2D eigenvalue weighted by Gasteiger charge is 2.29. The van der Waals surface area contributed by atoms with Gasteiger partial charge in [-0.2, -0.15) is 5.10 Å². The Labute approximate surface area is 142 Å². The van der Waals surface area contributed by atoms with Crippen LogP contribution in [0.2, 0.25) is 0 Å². The summed E-state index contributed by atoms with van der Waals surface area (Å²) in [6.07, 6.45) is 3.11. The monoisotopic (exact) mass is 337 g/mol. The fourth-order valence-corrected chi connectivity index (χ4v) is 2.15. The number of nitrogens with two attached hydrogens (primary N) is 1. The topological polar surface area (TPSA) is 85.8 Å². The fourth-order valence-electron chi connectivity index (χ4n) is 2.15. The van der Waals surface area contributed by atoms with Crippen molar-refractivity contribution in [3.05, 3.63) is 42.0 Å². The lowest BCUT2D eigenvalue weighted by molar-refractivity contribution is 0.0883. The molecule has 1 aromatic heterocycles. The van der Waals surface area contributed by atoms with Crippen LogP contribution in [0.25, 0.3) is 5.69 Å². The number of carbonyl (C=O) groups is 1. The minimum Gasteiger partial charge on any atom is -0.345 e. The van der Waals surface area contributed by atoms with Gasteiger partial charge in [0, 0.05) is 12.1 Å². The number of hydrogen-bond acceptors (Lipinski definition) is 4. The molecule has 1 unspecified atom stereocenters. The van der Waals surface area contributed by atoms with Crippen LogP contribution >= 0.6 is 12.4 Å². The Bertz CT molecular complexity index is 656. The highest BCUT2D eigenvalue weighted by atomic mass is 35.5. The van der Waals surface area contributed by atoms with Crippen LogP contribution in [0.15, 0.2) is 30.9 Å². The number of aryl methyl sites for hydroxylation is 1. The molecule has 6 nitrogen and oxygen atoms in total. The summed E-state index contributed by atoms with van der Waals surface area (Å²) < 4.78 is 1.68. The Balaban J connectivity index is 0.00000264. The number of nitrogens with zero attached hydrogens (tertiary/aromatic N) is 3. The number of aromatic nitrogens is 3. The van der Waals surface area contributed by atoms with E-state index in [0.29, 0.717) is 12.1 Å². The molecule has 0 radical (unpaired) electrons. The van der Waals surface area contributed by atoms with Crippen LogP contribution in [0.1, 0.15) is 36.7 Å². The second kappa shape index (κ2) is 7.57. The molecule has 1 amide bonds. The van der Waals surface area contributed by atoms with Crippen molar-refractivity contribution in [1.29, 1.82) is 0 Å². The third-order valence-corrected chi connectivity index (χ3v) is 4.22. The van der Waals surface area contributed by atoms with E-state index in [1.54, 1.807) is 17.1 Å². The third-order valence-electron chi connectivity index (χ3n) is 4.22. The molecule has 2 aromatic rings. The van der Waals surface area contributed by atoms with Crippen molar-refractivity contribution in [1.82, 2.24) is 20.1 Å². The standard InChI is InChI=1S/C16H23N5O.ClH/c1-11(2)16(4,8-17)20-15(22)13-5-6-14(12(3)7-13)21-10-18-9-19-21;/h5-7,9-11H,8,17H2,1-4H3,(H,20,22);1H. The SMILES string of the molecule is Cc1cc(C(=O)NC(C)(CN)C(C)C)ccc1-n1cncn1.Cl. The predicted molar refractivity (Wildman–Crippen MR) is 93.1 cm³/mol. The summed E-state index contributed by atoms with van der Waals surface area (Å²) in [5.74, 6) is 0.131. The largest absolute Gasteiger partial charge is 0.345 e. The zero-order valence-electron chi connectivity index (χ0n) is 13.9. The van der Waals surface area contributed by atoms with Crippen molar-refractivity contribution in [3.8, 4) is 5.69 Å². The van der Waals surface area contributed by atoms with Crippen LogP contribution in [0.5, 0.6) is 0 Å². The Hall–Kier alpha value is -1.92. The van der Waals surface area contributed by atoms with Gasteiger partial charge in [-0.15, -0.1) is 12.4 Å². The molecule has 0 aliphatic rings. The molecule has 2 rings (SSSR count). The van der Waals surface area contributed by atoms with E-state index in [4.69, 9.17) is 5.73 Å². The van der Waals surface area contributed by atoms with Gasteiger partial charge in [-0.25, -0.2) is 9.67 Å². The second-order valence-electron chi connectivity index (χ2n) is 6.07. The minimum atomic E-state index is -0.421. The van der Waals surface area contributed by atoms with Gasteiger partial charge in [-0.3, -0.25) is 4.79 Å². The summed E-state index contributed by atoms with van der Waals surface area (Å²) in [6, 6.07) is 5.51. The van der Waals surface area contributed by atoms with E-state index < -0.39 is 5.54 Å². The normalized spacial score (nSPS) is 13.3. The molecule has 1 heterocycles. The van der Waals surface area contributed by atoms with Gasteiger partial charge in [0.05, 0.1) is 11.2 Å². The molecular formula is C16H24ClN5O. The predicted octanol–water partition coefficient (Wildman–Crippen LogP) is 2.10. The van der Waals surface area contributed by atoms with Gasteiger partial charge in [0.2, 0.25) is 0 Å². The first-order valence-corrected chi connectivity index (χ1v) is 7.35. The van der Waals surface area contributed by atoms with Crippen molar-refractivity contribution in [2.75, 3.05) is 6.54 Å². The quantitative estimate of drug-likeness (QED) is 0.874. The van der Waals surface area contributed by atoms with Crippen LogP contribution in [-0.4, -0.2) is 32.8 Å². The number of carbonyl (C=O) groups excluding carboxylic acids is 1. The van der Waals surface area contributed by atoms with Crippen molar-refractivity contribution >= 4 is 18.3 Å². The molecule has 0 bridgehead atoms. The molecular weight excluding hydrogens is 314 g/mol. The molecule has 0 aliphatic heterocycles. The smallest absolute Gasteiger partial charge is 0.251 e. The van der Waals surface area contributed by atoms with Gasteiger partial charge in [0.1, 0.15) is 12.7 Å². The zero-order chi connectivity index (χ0) is 16.3. The van der Waals surface area contributed by atoms with Gasteiger partial charge in [-0.1, -0.05) is 13.8 Å². The molecule has 0 fully saturated rings. The van der Waals surface area contributed by atoms with Crippen molar-refractivity contribution < 1.29 is 4.79 Å². The van der Waals surface area contributed by atoms with E-state index in [2.05, 4.69) is 15.4 Å². The van der Waals surface area contributed by atoms with E-state index in [9.17, 15) is 4.79 Å². The Morgan fingerprint density at radius 1 is 1.43 bits per heavy atom. The van der Waals surface area contributed by atoms with Gasteiger partial charge < -0.3 is 11.1 Å². The molecule has 7 heteroatoms. The van der Waals surface area contributed by atoms with Crippen LogP contribution < -0.4 is 11.1 Å². The van der Waals surface area contributed by atoms with Crippen molar-refractivity contribution in [3.63, 3.8) is 0 Å². The summed E-state index contributed by atoms with van der Waals surface area (Å²) >= 11 is 0. The van der Waals surface area contributed by atoms with Gasteiger partial charge in [-0.05, 0) is 43.5 Å². The highest BCUT2D eigenvalue weighted by molar-refractivity contribution is 5.95. The Morgan fingerprint density at radius 2 is 2.13 bits per heavy atom. The molecule has 1 atom stereocenters. The summed E-state index contributed by atoms with van der Waals surface area (Å²) in [5.41, 5.74) is 7.87. The first-order chi connectivity index (χ1) is 10.4. The molecule has 23 heavy (non-hydrogen) atoms. The van der Waals surface area contributed by atoms with E-state index in [-0.39, 0.29) is 24.2 Å². The van der Waals surface area contributed by atoms with E-state index in [1.165, 1.54) is 6.33 Å². The summed E-state index contributed by atoms with van der Waals surface area (Å²) in [5, 5.41) is 7.15. The lowest BCUT2D eigenvalue weighted by Crippen LogP contribution is -2.55. The summed E-state index contributed by atoms with van der Waals surface area (Å²) in [4.78, 5) is 16.4. The van der Waals surface area contributed by atoms with E-state index >= 15 is 0 Å². The molecule has 126 valence electrons. The average molecular weight is 338 g/mol. The van der Waals surface area contributed by atoms with E-state index in [0.717, 1.165) is 11.3 Å². The zero-order valence-corrected chi connectivity index (χ0v) is 14.7. The maximum absolute atomic E-state index is 12.5. The fraction of sp³-hybridized carbons (Fsp3) is 0.438. The maximum atomic E-state index is 12.5. The average Bonchev–Trinajstić information content (AvgIpc) is 3.00. The maximum Gasteiger partial charge on any atom is 0.251 e. The van der Waals surface area contributed by atoms with Gasteiger partial charge >= 0.3 is 0 Å². The van der Waals surface area contributed by atoms with Gasteiger partial charge in [0.25, 0.3) is 5.91 Å².